The van der Waals surface area contributed by atoms with Crippen LogP contribution >= 0.6 is 0 Å². The van der Waals surface area contributed by atoms with Gasteiger partial charge in [-0.1, -0.05) is 12.2 Å². The number of ether oxygens (including phenoxy) is 1. The van der Waals surface area contributed by atoms with Crippen molar-refractivity contribution in [1.29, 1.82) is 5.26 Å². The van der Waals surface area contributed by atoms with E-state index < -0.39 is 23.9 Å². The molecule has 1 aliphatic heterocycles. The maximum atomic E-state index is 12.4. The molecule has 0 aromatic carbocycles. The molecule has 0 aromatic heterocycles. The molecule has 1 N–H and O–H groups in total. The summed E-state index contributed by atoms with van der Waals surface area (Å²) in [6.45, 7) is 0.968. The van der Waals surface area contributed by atoms with Gasteiger partial charge >= 0.3 is 5.97 Å². The Hall–Kier alpha value is -1.87. The number of hydrogen-bond acceptors (Lipinski definition) is 4. The number of allylic oxidation sites excluding steroid dienone is 2. The summed E-state index contributed by atoms with van der Waals surface area (Å²) in [6, 6.07) is 1.98. The summed E-state index contributed by atoms with van der Waals surface area (Å²) in [5.41, 5.74) is 0. The molecule has 2 rings (SSSR count). The van der Waals surface area contributed by atoms with E-state index in [9.17, 15) is 14.7 Å². The largest absolute Gasteiger partial charge is 0.481 e. The lowest BCUT2D eigenvalue weighted by Crippen LogP contribution is -2.49. The number of aliphatic carboxylic acids is 1. The number of nitriles is 1. The van der Waals surface area contributed by atoms with Crippen LogP contribution in [0, 0.1) is 23.2 Å². The molecule has 0 spiro atoms. The number of morpholine rings is 1. The highest BCUT2D eigenvalue weighted by Gasteiger charge is 2.37. The van der Waals surface area contributed by atoms with Crippen molar-refractivity contribution in [3.05, 3.63) is 12.2 Å². The highest BCUT2D eigenvalue weighted by Crippen LogP contribution is 2.28. The number of carbonyl (C=O) groups excluding carboxylic acids is 1. The Morgan fingerprint density at radius 2 is 2.00 bits per heavy atom. The van der Waals surface area contributed by atoms with E-state index in [-0.39, 0.29) is 12.5 Å². The van der Waals surface area contributed by atoms with Crippen LogP contribution in [0.1, 0.15) is 12.8 Å². The summed E-state index contributed by atoms with van der Waals surface area (Å²) in [4.78, 5) is 25.1. The first-order valence-electron chi connectivity index (χ1n) is 6.31. The van der Waals surface area contributed by atoms with Gasteiger partial charge in [-0.25, -0.2) is 0 Å². The van der Waals surface area contributed by atoms with E-state index in [1.165, 1.54) is 0 Å². The standard InChI is InChI=1S/C13H16N2O4/c14-7-9-8-15(5-6-19-9)12(16)10-3-1-2-4-11(10)13(17)18/h1-2,9-11H,3-6,8H2,(H,17,18)/t9?,10-,11+/m1/s1. The normalized spacial score (nSPS) is 30.7. The average molecular weight is 264 g/mol. The number of hydrogen-bond donors (Lipinski definition) is 1. The second kappa shape index (κ2) is 5.85. The monoisotopic (exact) mass is 264 g/mol. The fourth-order valence-corrected chi connectivity index (χ4v) is 2.52. The Morgan fingerprint density at radius 1 is 1.32 bits per heavy atom. The van der Waals surface area contributed by atoms with Crippen LogP contribution in [0.3, 0.4) is 0 Å². The SMILES string of the molecule is N#CC1CN(C(=O)[C@@H]2CC=CC[C@@H]2C(=O)O)CCO1. The van der Waals surface area contributed by atoms with Crippen molar-refractivity contribution in [2.45, 2.75) is 18.9 Å². The Balaban J connectivity index is 2.07. The molecular formula is C13H16N2O4. The Morgan fingerprint density at radius 3 is 2.63 bits per heavy atom. The van der Waals surface area contributed by atoms with E-state index in [0.717, 1.165) is 0 Å². The number of carboxylic acids is 1. The predicted octanol–water partition coefficient (Wildman–Crippen LogP) is 0.404. The molecule has 6 heteroatoms. The van der Waals surface area contributed by atoms with Crippen molar-refractivity contribution in [2.75, 3.05) is 19.7 Å². The molecule has 3 atom stereocenters. The smallest absolute Gasteiger partial charge is 0.307 e. The lowest BCUT2D eigenvalue weighted by atomic mass is 9.82. The van der Waals surface area contributed by atoms with E-state index in [1.807, 2.05) is 12.1 Å². The van der Waals surface area contributed by atoms with Gasteiger partial charge in [-0.05, 0) is 12.8 Å². The first kappa shape index (κ1) is 13.6. The second-order valence-electron chi connectivity index (χ2n) is 4.77. The molecule has 0 saturated carbocycles. The molecule has 1 aliphatic carbocycles. The molecule has 2 aliphatic rings. The minimum absolute atomic E-state index is 0.180. The molecule has 1 unspecified atom stereocenters. The van der Waals surface area contributed by atoms with Crippen molar-refractivity contribution in [2.24, 2.45) is 11.8 Å². The third-order valence-electron chi connectivity index (χ3n) is 3.59. The lowest BCUT2D eigenvalue weighted by molar-refractivity contribution is -0.153. The quantitative estimate of drug-likeness (QED) is 0.729. The van der Waals surface area contributed by atoms with Gasteiger partial charge in [0.15, 0.2) is 6.10 Å². The Kier molecular flexibility index (Phi) is 4.17. The van der Waals surface area contributed by atoms with Gasteiger partial charge in [0.1, 0.15) is 0 Å². The third-order valence-corrected chi connectivity index (χ3v) is 3.59. The zero-order valence-electron chi connectivity index (χ0n) is 10.5. The van der Waals surface area contributed by atoms with Gasteiger partial charge in [-0.3, -0.25) is 9.59 Å². The highest BCUT2D eigenvalue weighted by molar-refractivity contribution is 5.85. The van der Waals surface area contributed by atoms with Gasteiger partial charge in [0, 0.05) is 6.54 Å². The van der Waals surface area contributed by atoms with Crippen molar-refractivity contribution in [3.8, 4) is 6.07 Å². The van der Waals surface area contributed by atoms with Crippen LogP contribution in [0.2, 0.25) is 0 Å². The number of rotatable bonds is 2. The van der Waals surface area contributed by atoms with E-state index in [2.05, 4.69) is 0 Å². The molecule has 6 nitrogen and oxygen atoms in total. The van der Waals surface area contributed by atoms with Crippen LogP contribution in [0.15, 0.2) is 12.2 Å². The fourth-order valence-electron chi connectivity index (χ4n) is 2.52. The van der Waals surface area contributed by atoms with Crippen molar-refractivity contribution < 1.29 is 19.4 Å². The summed E-state index contributed by atoms with van der Waals surface area (Å²) < 4.78 is 5.18. The molecule has 0 bridgehead atoms. The maximum absolute atomic E-state index is 12.4. The summed E-state index contributed by atoms with van der Waals surface area (Å²) in [7, 11) is 0. The molecule has 1 fully saturated rings. The molecule has 1 saturated heterocycles. The topological polar surface area (TPSA) is 90.6 Å². The van der Waals surface area contributed by atoms with Crippen molar-refractivity contribution >= 4 is 11.9 Å². The molecule has 0 radical (unpaired) electrons. The van der Waals surface area contributed by atoms with Gasteiger partial charge < -0.3 is 14.7 Å². The van der Waals surface area contributed by atoms with Crippen LogP contribution in [0.25, 0.3) is 0 Å². The third kappa shape index (κ3) is 2.93. The molecular weight excluding hydrogens is 248 g/mol. The van der Waals surface area contributed by atoms with Crippen molar-refractivity contribution in [1.82, 2.24) is 4.90 Å². The van der Waals surface area contributed by atoms with Gasteiger partial charge in [-0.2, -0.15) is 5.26 Å². The van der Waals surface area contributed by atoms with Crippen LogP contribution in [0.5, 0.6) is 0 Å². The van der Waals surface area contributed by atoms with Crippen LogP contribution in [-0.4, -0.2) is 47.7 Å². The highest BCUT2D eigenvalue weighted by atomic mass is 16.5. The minimum Gasteiger partial charge on any atom is -0.481 e. The predicted molar refractivity (Wildman–Crippen MR) is 64.9 cm³/mol. The van der Waals surface area contributed by atoms with Crippen LogP contribution in [-0.2, 0) is 14.3 Å². The van der Waals surface area contributed by atoms with Gasteiger partial charge in [0.05, 0.1) is 31.1 Å². The number of amides is 1. The van der Waals surface area contributed by atoms with E-state index in [4.69, 9.17) is 10.00 Å². The summed E-state index contributed by atoms with van der Waals surface area (Å²) in [6.07, 6.45) is 3.88. The van der Waals surface area contributed by atoms with Gasteiger partial charge in [0.2, 0.25) is 5.91 Å². The van der Waals surface area contributed by atoms with Crippen molar-refractivity contribution in [3.63, 3.8) is 0 Å². The maximum Gasteiger partial charge on any atom is 0.307 e. The van der Waals surface area contributed by atoms with Crippen LogP contribution < -0.4 is 0 Å². The molecule has 19 heavy (non-hydrogen) atoms. The number of carbonyl (C=O) groups is 2. The zero-order chi connectivity index (χ0) is 13.8. The van der Waals surface area contributed by atoms with E-state index in [0.29, 0.717) is 26.0 Å². The van der Waals surface area contributed by atoms with Crippen LogP contribution in [0.4, 0.5) is 0 Å². The summed E-state index contributed by atoms with van der Waals surface area (Å²) >= 11 is 0. The van der Waals surface area contributed by atoms with Gasteiger partial charge in [0.25, 0.3) is 0 Å². The lowest BCUT2D eigenvalue weighted by Gasteiger charge is -2.34. The Bertz CT molecular complexity index is 440. The summed E-state index contributed by atoms with van der Waals surface area (Å²) in [5, 5.41) is 18.0. The fraction of sp³-hybridized carbons (Fsp3) is 0.615. The van der Waals surface area contributed by atoms with E-state index >= 15 is 0 Å². The zero-order valence-corrected chi connectivity index (χ0v) is 10.5. The molecule has 1 amide bonds. The van der Waals surface area contributed by atoms with Gasteiger partial charge in [-0.15, -0.1) is 0 Å². The van der Waals surface area contributed by atoms with E-state index in [1.54, 1.807) is 11.0 Å². The molecule has 1 heterocycles. The number of nitrogens with zero attached hydrogens (tertiary/aromatic N) is 2. The molecule has 102 valence electrons. The minimum atomic E-state index is -0.937. The first-order chi connectivity index (χ1) is 9.13. The first-order valence-corrected chi connectivity index (χ1v) is 6.31. The number of carboxylic acid groups (broad SMARTS) is 1. The second-order valence-corrected chi connectivity index (χ2v) is 4.77. The molecule has 0 aromatic rings. The summed E-state index contributed by atoms with van der Waals surface area (Å²) in [5.74, 6) is -2.31. The Labute approximate surface area is 111 Å². The average Bonchev–Trinajstić information content (AvgIpc) is 2.46.